The summed E-state index contributed by atoms with van der Waals surface area (Å²) in [5.74, 6) is 1.02. The number of aromatic nitrogens is 1. The van der Waals surface area contributed by atoms with Crippen molar-refractivity contribution in [1.29, 1.82) is 0 Å². The van der Waals surface area contributed by atoms with Gasteiger partial charge in [-0.05, 0) is 25.1 Å². The first-order valence-electron chi connectivity index (χ1n) is 6.36. The highest BCUT2D eigenvalue weighted by Crippen LogP contribution is 2.29. The van der Waals surface area contributed by atoms with Gasteiger partial charge in [0.15, 0.2) is 0 Å². The molecule has 0 bridgehead atoms. The summed E-state index contributed by atoms with van der Waals surface area (Å²) in [5.41, 5.74) is 0.639. The normalized spacial score (nSPS) is 10.2. The molecule has 2 rings (SSSR count). The molecular formula is C14H14ClN3O3. The van der Waals surface area contributed by atoms with Crippen LogP contribution in [0.2, 0.25) is 5.02 Å². The van der Waals surface area contributed by atoms with Crippen LogP contribution in [0.3, 0.4) is 0 Å². The van der Waals surface area contributed by atoms with Crippen LogP contribution in [0.25, 0.3) is 0 Å². The molecule has 0 aliphatic carbocycles. The maximum absolute atomic E-state index is 10.7. The Hall–Kier alpha value is -2.34. The SMILES string of the molecule is CCNc1cccc(COc2cc([N+](=O)[O-])ccc2Cl)n1. The third-order valence-electron chi connectivity index (χ3n) is 2.67. The van der Waals surface area contributed by atoms with Gasteiger partial charge in [0.2, 0.25) is 0 Å². The van der Waals surface area contributed by atoms with Crippen LogP contribution in [0.15, 0.2) is 36.4 Å². The fraction of sp³-hybridized carbons (Fsp3) is 0.214. The quantitative estimate of drug-likeness (QED) is 0.651. The molecule has 21 heavy (non-hydrogen) atoms. The third kappa shape index (κ3) is 4.06. The minimum absolute atomic E-state index is 0.0660. The molecule has 0 aliphatic rings. The molecule has 1 aromatic heterocycles. The topological polar surface area (TPSA) is 77.3 Å². The number of nitro benzene ring substituents is 1. The number of non-ortho nitro benzene ring substituents is 1. The molecule has 6 nitrogen and oxygen atoms in total. The van der Waals surface area contributed by atoms with Crippen molar-refractivity contribution in [1.82, 2.24) is 4.98 Å². The van der Waals surface area contributed by atoms with E-state index in [-0.39, 0.29) is 18.0 Å². The minimum Gasteiger partial charge on any atom is -0.485 e. The Morgan fingerprint density at radius 1 is 1.38 bits per heavy atom. The van der Waals surface area contributed by atoms with Gasteiger partial charge in [0.1, 0.15) is 18.2 Å². The maximum Gasteiger partial charge on any atom is 0.273 e. The van der Waals surface area contributed by atoms with Gasteiger partial charge in [-0.25, -0.2) is 4.98 Å². The lowest BCUT2D eigenvalue weighted by Crippen LogP contribution is -2.03. The molecule has 0 spiro atoms. The molecule has 7 heteroatoms. The number of ether oxygens (including phenoxy) is 1. The zero-order chi connectivity index (χ0) is 15.2. The molecule has 0 unspecified atom stereocenters. The summed E-state index contributed by atoms with van der Waals surface area (Å²) in [7, 11) is 0. The second-order valence-electron chi connectivity index (χ2n) is 4.21. The van der Waals surface area contributed by atoms with Crippen LogP contribution >= 0.6 is 11.6 Å². The van der Waals surface area contributed by atoms with E-state index in [1.165, 1.54) is 18.2 Å². The molecule has 0 fully saturated rings. The van der Waals surface area contributed by atoms with Gasteiger partial charge in [-0.15, -0.1) is 0 Å². The Kier molecular flexibility index (Phi) is 4.94. The predicted molar refractivity (Wildman–Crippen MR) is 80.8 cm³/mol. The highest BCUT2D eigenvalue weighted by molar-refractivity contribution is 6.32. The first-order valence-corrected chi connectivity index (χ1v) is 6.74. The molecule has 1 heterocycles. The number of hydrogen-bond acceptors (Lipinski definition) is 5. The number of anilines is 1. The van der Waals surface area contributed by atoms with Gasteiger partial charge < -0.3 is 10.1 Å². The van der Waals surface area contributed by atoms with Crippen molar-refractivity contribution >= 4 is 23.1 Å². The lowest BCUT2D eigenvalue weighted by atomic mass is 10.3. The zero-order valence-electron chi connectivity index (χ0n) is 11.4. The Morgan fingerprint density at radius 3 is 2.90 bits per heavy atom. The van der Waals surface area contributed by atoms with Gasteiger partial charge in [-0.2, -0.15) is 0 Å². The number of nitrogens with zero attached hydrogens (tertiary/aromatic N) is 2. The smallest absolute Gasteiger partial charge is 0.273 e. The van der Waals surface area contributed by atoms with Gasteiger partial charge in [0.05, 0.1) is 21.7 Å². The second kappa shape index (κ2) is 6.90. The van der Waals surface area contributed by atoms with Crippen molar-refractivity contribution in [3.63, 3.8) is 0 Å². The lowest BCUT2D eigenvalue weighted by Gasteiger charge is -2.09. The zero-order valence-corrected chi connectivity index (χ0v) is 12.1. The van der Waals surface area contributed by atoms with Gasteiger partial charge in [0.25, 0.3) is 5.69 Å². The minimum atomic E-state index is -0.493. The van der Waals surface area contributed by atoms with Crippen LogP contribution in [0.5, 0.6) is 5.75 Å². The molecule has 1 aromatic carbocycles. The predicted octanol–water partition coefficient (Wildman–Crippen LogP) is 3.65. The average molecular weight is 308 g/mol. The van der Waals surface area contributed by atoms with E-state index in [0.29, 0.717) is 10.7 Å². The summed E-state index contributed by atoms with van der Waals surface area (Å²) in [5, 5.41) is 14.2. The Morgan fingerprint density at radius 2 is 2.19 bits per heavy atom. The molecule has 0 saturated heterocycles. The van der Waals surface area contributed by atoms with E-state index < -0.39 is 4.92 Å². The average Bonchev–Trinajstić information content (AvgIpc) is 2.47. The van der Waals surface area contributed by atoms with E-state index in [1.807, 2.05) is 25.1 Å². The monoisotopic (exact) mass is 307 g/mol. The van der Waals surface area contributed by atoms with E-state index in [1.54, 1.807) is 0 Å². The molecule has 0 amide bonds. The number of halogens is 1. The molecule has 0 atom stereocenters. The molecule has 1 N–H and O–H groups in total. The number of nitrogens with one attached hydrogen (secondary N) is 1. The fourth-order valence-electron chi connectivity index (χ4n) is 1.71. The maximum atomic E-state index is 10.7. The van der Waals surface area contributed by atoms with E-state index >= 15 is 0 Å². The van der Waals surface area contributed by atoms with Crippen molar-refractivity contribution in [2.45, 2.75) is 13.5 Å². The van der Waals surface area contributed by atoms with E-state index in [0.717, 1.165) is 12.4 Å². The number of pyridine rings is 1. The molecule has 0 aliphatic heterocycles. The highest BCUT2D eigenvalue weighted by Gasteiger charge is 2.11. The van der Waals surface area contributed by atoms with E-state index in [2.05, 4.69) is 10.3 Å². The highest BCUT2D eigenvalue weighted by atomic mass is 35.5. The number of benzene rings is 1. The molecule has 110 valence electrons. The van der Waals surface area contributed by atoms with Crippen molar-refractivity contribution in [3.8, 4) is 5.75 Å². The largest absolute Gasteiger partial charge is 0.485 e. The van der Waals surface area contributed by atoms with Gasteiger partial charge >= 0.3 is 0 Å². The molecular weight excluding hydrogens is 294 g/mol. The molecule has 2 aromatic rings. The summed E-state index contributed by atoms with van der Waals surface area (Å²) in [4.78, 5) is 14.6. The van der Waals surface area contributed by atoms with Crippen molar-refractivity contribution < 1.29 is 9.66 Å². The van der Waals surface area contributed by atoms with Gasteiger partial charge in [-0.3, -0.25) is 10.1 Å². The van der Waals surface area contributed by atoms with Crippen LogP contribution in [0.4, 0.5) is 11.5 Å². The molecule has 0 radical (unpaired) electrons. The summed E-state index contributed by atoms with van der Waals surface area (Å²) in [6.45, 7) is 2.93. The summed E-state index contributed by atoms with van der Waals surface area (Å²) >= 11 is 5.97. The number of nitro groups is 1. The summed E-state index contributed by atoms with van der Waals surface area (Å²) in [6.07, 6.45) is 0. The van der Waals surface area contributed by atoms with Gasteiger partial charge in [-0.1, -0.05) is 17.7 Å². The van der Waals surface area contributed by atoms with Crippen LogP contribution in [-0.2, 0) is 6.61 Å². The van der Waals surface area contributed by atoms with Gasteiger partial charge in [0, 0.05) is 12.6 Å². The van der Waals surface area contributed by atoms with Crippen LogP contribution in [0, 0.1) is 10.1 Å². The standard InChI is InChI=1S/C14H14ClN3O3/c1-2-16-14-5-3-4-10(17-14)9-21-13-8-11(18(19)20)6-7-12(13)15/h3-8H,2,9H2,1H3,(H,16,17). The van der Waals surface area contributed by atoms with E-state index in [4.69, 9.17) is 16.3 Å². The van der Waals surface area contributed by atoms with Crippen molar-refractivity contribution in [2.24, 2.45) is 0 Å². The summed E-state index contributed by atoms with van der Waals surface area (Å²) < 4.78 is 5.52. The first-order chi connectivity index (χ1) is 10.1. The number of hydrogen-bond donors (Lipinski definition) is 1. The number of rotatable bonds is 6. The fourth-order valence-corrected chi connectivity index (χ4v) is 1.88. The van der Waals surface area contributed by atoms with Crippen LogP contribution < -0.4 is 10.1 Å². The summed E-state index contributed by atoms with van der Waals surface area (Å²) in [6, 6.07) is 9.60. The van der Waals surface area contributed by atoms with Crippen molar-refractivity contribution in [3.05, 3.63) is 57.2 Å². The van der Waals surface area contributed by atoms with E-state index in [9.17, 15) is 10.1 Å². The second-order valence-corrected chi connectivity index (χ2v) is 4.61. The van der Waals surface area contributed by atoms with Crippen molar-refractivity contribution in [2.75, 3.05) is 11.9 Å². The Balaban J connectivity index is 2.10. The third-order valence-corrected chi connectivity index (χ3v) is 2.98. The van der Waals surface area contributed by atoms with Crippen LogP contribution in [-0.4, -0.2) is 16.5 Å². The first kappa shape index (κ1) is 15.1. The lowest BCUT2D eigenvalue weighted by molar-refractivity contribution is -0.384. The Bertz CT molecular complexity index is 649. The molecule has 0 saturated carbocycles. The Labute approximate surface area is 126 Å². The van der Waals surface area contributed by atoms with Crippen LogP contribution in [0.1, 0.15) is 12.6 Å².